The zero-order valence-electron chi connectivity index (χ0n) is 15.0. The summed E-state index contributed by atoms with van der Waals surface area (Å²) in [6.45, 7) is 1.50. The lowest BCUT2D eigenvalue weighted by Crippen LogP contribution is -2.34. The summed E-state index contributed by atoms with van der Waals surface area (Å²) in [6.07, 6.45) is -0.775. The number of phenolic OH excluding ortho intramolecular Hbond substituents is 1. The summed E-state index contributed by atoms with van der Waals surface area (Å²) < 4.78 is 19.1. The average molecular weight is 379 g/mol. The van der Waals surface area contributed by atoms with E-state index in [-0.39, 0.29) is 24.2 Å². The molecule has 1 aliphatic heterocycles. The maximum Gasteiger partial charge on any atom is 0.342 e. The SMILES string of the molecule is CNc1cc(O)c2c(c1)/C=C/C[C@H](O)C(O)C(=O)/C(F)=C\CC(C)OC2=O. The lowest BCUT2D eigenvalue weighted by atomic mass is 10.0. The molecule has 0 bridgehead atoms. The van der Waals surface area contributed by atoms with Crippen LogP contribution in [0, 0.1) is 0 Å². The normalized spacial score (nSPS) is 27.6. The van der Waals surface area contributed by atoms with Crippen LogP contribution in [0.2, 0.25) is 0 Å². The predicted octanol–water partition coefficient (Wildman–Crippen LogP) is 1.93. The third kappa shape index (κ3) is 4.93. The summed E-state index contributed by atoms with van der Waals surface area (Å²) in [5.74, 6) is -3.56. The van der Waals surface area contributed by atoms with Gasteiger partial charge in [-0.15, -0.1) is 0 Å². The molecule has 0 radical (unpaired) electrons. The molecule has 1 aromatic carbocycles. The summed E-state index contributed by atoms with van der Waals surface area (Å²) >= 11 is 0. The average Bonchev–Trinajstić information content (AvgIpc) is 2.63. The molecule has 3 atom stereocenters. The Balaban J connectivity index is 2.48. The molecule has 7 nitrogen and oxygen atoms in total. The quantitative estimate of drug-likeness (QED) is 0.551. The number of aliphatic hydroxyl groups excluding tert-OH is 2. The highest BCUT2D eigenvalue weighted by Gasteiger charge is 2.27. The van der Waals surface area contributed by atoms with Crippen molar-refractivity contribution in [3.05, 3.63) is 41.2 Å². The van der Waals surface area contributed by atoms with Crippen LogP contribution in [0.15, 0.2) is 30.1 Å². The number of esters is 1. The molecule has 27 heavy (non-hydrogen) atoms. The molecule has 0 aliphatic carbocycles. The number of rotatable bonds is 1. The first kappa shape index (κ1) is 20.6. The van der Waals surface area contributed by atoms with Gasteiger partial charge < -0.3 is 25.4 Å². The van der Waals surface area contributed by atoms with Crippen LogP contribution in [-0.4, -0.2) is 52.4 Å². The highest BCUT2D eigenvalue weighted by Crippen LogP contribution is 2.29. The van der Waals surface area contributed by atoms with E-state index in [1.54, 1.807) is 13.1 Å². The number of ether oxygens (including phenoxy) is 1. The number of fused-ring (bicyclic) bond motifs is 1. The first-order valence-corrected chi connectivity index (χ1v) is 8.42. The molecular weight excluding hydrogens is 357 g/mol. The minimum absolute atomic E-state index is 0.0790. The van der Waals surface area contributed by atoms with Crippen LogP contribution in [0.25, 0.3) is 6.08 Å². The van der Waals surface area contributed by atoms with E-state index >= 15 is 0 Å². The molecule has 2 unspecified atom stereocenters. The molecule has 2 rings (SSSR count). The van der Waals surface area contributed by atoms with E-state index in [1.807, 2.05) is 0 Å². The fourth-order valence-corrected chi connectivity index (χ4v) is 2.59. The van der Waals surface area contributed by atoms with Crippen molar-refractivity contribution < 1.29 is 34.0 Å². The van der Waals surface area contributed by atoms with Gasteiger partial charge in [0, 0.05) is 25.2 Å². The molecule has 0 amide bonds. The Hall–Kier alpha value is -2.71. The number of halogens is 1. The molecule has 0 spiro atoms. The molecular formula is C19H22FNO6. The van der Waals surface area contributed by atoms with E-state index in [2.05, 4.69) is 5.32 Å². The number of ketones is 1. The number of hydrogen-bond donors (Lipinski definition) is 4. The molecule has 1 aliphatic rings. The number of benzene rings is 1. The van der Waals surface area contributed by atoms with E-state index in [9.17, 15) is 29.3 Å². The minimum Gasteiger partial charge on any atom is -0.507 e. The minimum atomic E-state index is -1.91. The molecule has 0 saturated heterocycles. The second kappa shape index (κ2) is 8.79. The number of carbonyl (C=O) groups is 2. The van der Waals surface area contributed by atoms with Crippen molar-refractivity contribution in [1.82, 2.24) is 0 Å². The van der Waals surface area contributed by atoms with Crippen LogP contribution < -0.4 is 5.32 Å². The zero-order chi connectivity index (χ0) is 20.1. The lowest BCUT2D eigenvalue weighted by Gasteiger charge is -2.17. The monoisotopic (exact) mass is 379 g/mol. The van der Waals surface area contributed by atoms with Gasteiger partial charge in [0.05, 0.1) is 6.10 Å². The Morgan fingerprint density at radius 2 is 1.93 bits per heavy atom. The van der Waals surface area contributed by atoms with Gasteiger partial charge in [-0.05, 0) is 31.1 Å². The van der Waals surface area contributed by atoms with Crippen LogP contribution in [-0.2, 0) is 9.53 Å². The molecule has 0 fully saturated rings. The van der Waals surface area contributed by atoms with E-state index in [1.165, 1.54) is 25.1 Å². The van der Waals surface area contributed by atoms with Crippen molar-refractivity contribution in [3.8, 4) is 5.75 Å². The van der Waals surface area contributed by atoms with Crippen LogP contribution >= 0.6 is 0 Å². The van der Waals surface area contributed by atoms with Gasteiger partial charge in [0.2, 0.25) is 5.78 Å². The van der Waals surface area contributed by atoms with Crippen molar-refractivity contribution >= 4 is 23.5 Å². The number of Topliss-reactive ketones (excluding diaryl/α,β-unsaturated/α-hetero) is 1. The summed E-state index contributed by atoms with van der Waals surface area (Å²) in [5, 5.41) is 32.8. The number of hydrogen-bond acceptors (Lipinski definition) is 7. The fourth-order valence-electron chi connectivity index (χ4n) is 2.59. The molecule has 8 heteroatoms. The number of phenols is 1. The summed E-state index contributed by atoms with van der Waals surface area (Å²) in [4.78, 5) is 24.3. The van der Waals surface area contributed by atoms with Crippen molar-refractivity contribution in [2.24, 2.45) is 0 Å². The molecule has 1 heterocycles. The number of nitrogens with one attached hydrogen (secondary N) is 1. The van der Waals surface area contributed by atoms with Gasteiger partial charge in [-0.25, -0.2) is 9.18 Å². The fraction of sp³-hybridized carbons (Fsp3) is 0.368. The van der Waals surface area contributed by atoms with Crippen LogP contribution in [0.4, 0.5) is 10.1 Å². The molecule has 1 aromatic rings. The third-order valence-electron chi connectivity index (χ3n) is 4.12. The van der Waals surface area contributed by atoms with Gasteiger partial charge >= 0.3 is 5.97 Å². The standard InChI is InChI=1S/C19H22FNO6/c1-10-6-7-13(20)17(24)18(25)14(22)5-3-4-11-8-12(21-2)9-15(23)16(11)19(26)27-10/h3-4,7-10,14,18,21-23,25H,5-6H2,1-2H3/b4-3+,13-7+/t10?,14-,18?/m0/s1. The van der Waals surface area contributed by atoms with Gasteiger partial charge in [0.15, 0.2) is 5.83 Å². The molecule has 146 valence electrons. The van der Waals surface area contributed by atoms with Gasteiger partial charge in [0.1, 0.15) is 23.5 Å². The summed E-state index contributed by atoms with van der Waals surface area (Å²) in [5.41, 5.74) is 0.784. The van der Waals surface area contributed by atoms with Crippen molar-refractivity contribution in [2.45, 2.75) is 38.1 Å². The van der Waals surface area contributed by atoms with E-state index in [0.717, 1.165) is 6.08 Å². The zero-order valence-corrected chi connectivity index (χ0v) is 15.0. The Morgan fingerprint density at radius 3 is 2.59 bits per heavy atom. The molecule has 0 aromatic heterocycles. The topological polar surface area (TPSA) is 116 Å². The first-order valence-electron chi connectivity index (χ1n) is 8.42. The van der Waals surface area contributed by atoms with Crippen molar-refractivity contribution in [3.63, 3.8) is 0 Å². The maximum absolute atomic E-state index is 13.9. The van der Waals surface area contributed by atoms with Crippen LogP contribution in [0.3, 0.4) is 0 Å². The predicted molar refractivity (Wildman–Crippen MR) is 97.0 cm³/mol. The second-order valence-electron chi connectivity index (χ2n) is 6.23. The van der Waals surface area contributed by atoms with E-state index in [4.69, 9.17) is 4.74 Å². The summed E-state index contributed by atoms with van der Waals surface area (Å²) in [6, 6.07) is 2.95. The van der Waals surface area contributed by atoms with Gasteiger partial charge in [-0.1, -0.05) is 12.2 Å². The second-order valence-corrected chi connectivity index (χ2v) is 6.23. The maximum atomic E-state index is 13.9. The Bertz CT molecular complexity index is 789. The van der Waals surface area contributed by atoms with Crippen LogP contribution in [0.1, 0.15) is 35.7 Å². The third-order valence-corrected chi connectivity index (χ3v) is 4.12. The van der Waals surface area contributed by atoms with Gasteiger partial charge in [-0.2, -0.15) is 0 Å². The van der Waals surface area contributed by atoms with Crippen molar-refractivity contribution in [1.29, 1.82) is 0 Å². The number of anilines is 1. The first-order chi connectivity index (χ1) is 12.7. The van der Waals surface area contributed by atoms with Crippen molar-refractivity contribution in [2.75, 3.05) is 12.4 Å². The number of cyclic esters (lactones) is 1. The van der Waals surface area contributed by atoms with E-state index in [0.29, 0.717) is 11.3 Å². The smallest absolute Gasteiger partial charge is 0.342 e. The highest BCUT2D eigenvalue weighted by atomic mass is 19.1. The lowest BCUT2D eigenvalue weighted by molar-refractivity contribution is -0.130. The molecule has 4 N–H and O–H groups in total. The van der Waals surface area contributed by atoms with Gasteiger partial charge in [-0.3, -0.25) is 4.79 Å². The van der Waals surface area contributed by atoms with Crippen LogP contribution in [0.5, 0.6) is 5.75 Å². The number of aromatic hydroxyl groups is 1. The largest absolute Gasteiger partial charge is 0.507 e. The number of aliphatic hydroxyl groups is 2. The highest BCUT2D eigenvalue weighted by molar-refractivity contribution is 5.98. The molecule has 0 saturated carbocycles. The Kier molecular flexibility index (Phi) is 6.70. The van der Waals surface area contributed by atoms with Gasteiger partial charge in [0.25, 0.3) is 0 Å². The van der Waals surface area contributed by atoms with E-state index < -0.39 is 35.9 Å². The Labute approximate surface area is 155 Å². The Morgan fingerprint density at radius 1 is 1.22 bits per heavy atom. The number of carbonyl (C=O) groups excluding carboxylic acids is 2. The summed E-state index contributed by atoms with van der Waals surface area (Å²) in [7, 11) is 1.64.